The monoisotopic (exact) mass is 277 g/mol. The van der Waals surface area contributed by atoms with Crippen molar-refractivity contribution >= 4 is 23.4 Å². The van der Waals surface area contributed by atoms with E-state index in [2.05, 4.69) is 25.8 Å². The molecule has 0 atom stereocenters. The van der Waals surface area contributed by atoms with Crippen LogP contribution in [0.5, 0.6) is 0 Å². The van der Waals surface area contributed by atoms with Crippen LogP contribution in [-0.2, 0) is 0 Å². The zero-order valence-corrected chi connectivity index (χ0v) is 11.9. The maximum atomic E-state index is 9.25. The van der Waals surface area contributed by atoms with E-state index in [1.54, 1.807) is 0 Å². The molecule has 0 saturated heterocycles. The van der Waals surface area contributed by atoms with Gasteiger partial charge in [-0.1, -0.05) is 11.6 Å². The molecule has 0 N–H and O–H groups in total. The summed E-state index contributed by atoms with van der Waals surface area (Å²) >= 11 is 6.15. The molecule has 19 heavy (non-hydrogen) atoms. The standard InChI is InChI=1S/C13H16ClN5/c1-18(8-3-4-8)12-10(7-15)11(14)16-13(17-12)19(2)9-5-6-9/h8-9H,3-6H2,1-2H3. The van der Waals surface area contributed by atoms with Crippen LogP contribution in [0.3, 0.4) is 0 Å². The smallest absolute Gasteiger partial charge is 0.228 e. The van der Waals surface area contributed by atoms with Gasteiger partial charge in [0.05, 0.1) is 0 Å². The Morgan fingerprint density at radius 2 is 1.68 bits per heavy atom. The molecule has 6 heteroatoms. The fraction of sp³-hybridized carbons (Fsp3) is 0.615. The molecular weight excluding hydrogens is 262 g/mol. The van der Waals surface area contributed by atoms with E-state index < -0.39 is 0 Å². The first kappa shape index (κ1) is 12.5. The lowest BCUT2D eigenvalue weighted by atomic mass is 10.3. The van der Waals surface area contributed by atoms with Crippen LogP contribution < -0.4 is 9.80 Å². The van der Waals surface area contributed by atoms with Crippen molar-refractivity contribution in [2.24, 2.45) is 0 Å². The minimum absolute atomic E-state index is 0.252. The van der Waals surface area contributed by atoms with Crippen molar-refractivity contribution < 1.29 is 0 Å². The maximum absolute atomic E-state index is 9.25. The van der Waals surface area contributed by atoms with Gasteiger partial charge in [-0.05, 0) is 25.7 Å². The Morgan fingerprint density at radius 1 is 1.11 bits per heavy atom. The van der Waals surface area contributed by atoms with Crippen LogP contribution in [0.15, 0.2) is 0 Å². The third-order valence-electron chi connectivity index (χ3n) is 3.78. The summed E-state index contributed by atoms with van der Waals surface area (Å²) < 4.78 is 0. The highest BCUT2D eigenvalue weighted by Crippen LogP contribution is 2.35. The van der Waals surface area contributed by atoms with Gasteiger partial charge in [0, 0.05) is 26.2 Å². The van der Waals surface area contributed by atoms with Crippen molar-refractivity contribution in [3.63, 3.8) is 0 Å². The zero-order valence-electron chi connectivity index (χ0n) is 11.1. The fourth-order valence-electron chi connectivity index (χ4n) is 2.18. The highest BCUT2D eigenvalue weighted by molar-refractivity contribution is 6.31. The molecule has 0 unspecified atom stereocenters. The normalized spacial score (nSPS) is 18.0. The molecule has 2 saturated carbocycles. The van der Waals surface area contributed by atoms with Crippen molar-refractivity contribution in [3.8, 4) is 6.07 Å². The molecule has 5 nitrogen and oxygen atoms in total. The Kier molecular flexibility index (Phi) is 2.98. The number of rotatable bonds is 4. The number of anilines is 2. The van der Waals surface area contributed by atoms with Crippen LogP contribution in [-0.4, -0.2) is 36.1 Å². The van der Waals surface area contributed by atoms with Gasteiger partial charge >= 0.3 is 0 Å². The Balaban J connectivity index is 2.01. The van der Waals surface area contributed by atoms with Gasteiger partial charge in [0.25, 0.3) is 0 Å². The first-order chi connectivity index (χ1) is 9.11. The summed E-state index contributed by atoms with van der Waals surface area (Å²) in [6, 6.07) is 3.12. The maximum Gasteiger partial charge on any atom is 0.228 e. The van der Waals surface area contributed by atoms with E-state index in [0.717, 1.165) is 12.8 Å². The molecule has 2 aliphatic rings. The lowest BCUT2D eigenvalue weighted by molar-refractivity contribution is 0.834. The Morgan fingerprint density at radius 3 is 2.21 bits per heavy atom. The van der Waals surface area contributed by atoms with Crippen LogP contribution in [0.25, 0.3) is 0 Å². The fourth-order valence-corrected chi connectivity index (χ4v) is 2.38. The van der Waals surface area contributed by atoms with E-state index in [9.17, 15) is 5.26 Å². The van der Waals surface area contributed by atoms with Gasteiger partial charge in [-0.25, -0.2) is 0 Å². The van der Waals surface area contributed by atoms with Crippen molar-refractivity contribution in [2.45, 2.75) is 37.8 Å². The molecule has 0 aliphatic heterocycles. The highest BCUT2D eigenvalue weighted by atomic mass is 35.5. The quantitative estimate of drug-likeness (QED) is 0.790. The number of nitriles is 1. The van der Waals surface area contributed by atoms with Gasteiger partial charge in [-0.2, -0.15) is 15.2 Å². The topological polar surface area (TPSA) is 56.1 Å². The summed E-state index contributed by atoms with van der Waals surface area (Å²) in [5.74, 6) is 1.28. The summed E-state index contributed by atoms with van der Waals surface area (Å²) in [4.78, 5) is 12.9. The van der Waals surface area contributed by atoms with Crippen LogP contribution in [0.1, 0.15) is 31.2 Å². The summed E-state index contributed by atoms with van der Waals surface area (Å²) in [5, 5.41) is 9.50. The lowest BCUT2D eigenvalue weighted by Gasteiger charge is -2.22. The van der Waals surface area contributed by atoms with Crippen LogP contribution in [0, 0.1) is 11.3 Å². The molecule has 1 heterocycles. The molecule has 2 fully saturated rings. The second kappa shape index (κ2) is 4.53. The third-order valence-corrected chi connectivity index (χ3v) is 4.06. The summed E-state index contributed by atoms with van der Waals surface area (Å²) in [6.45, 7) is 0. The lowest BCUT2D eigenvalue weighted by Crippen LogP contribution is -2.26. The summed E-state index contributed by atoms with van der Waals surface area (Å²) in [6.07, 6.45) is 4.64. The highest BCUT2D eigenvalue weighted by Gasteiger charge is 2.32. The molecule has 0 spiro atoms. The van der Waals surface area contributed by atoms with Gasteiger partial charge in [0.1, 0.15) is 11.6 Å². The predicted octanol–water partition coefficient (Wildman–Crippen LogP) is 2.20. The zero-order chi connectivity index (χ0) is 13.6. The van der Waals surface area contributed by atoms with Gasteiger partial charge < -0.3 is 9.80 Å². The average Bonchev–Trinajstić information content (AvgIpc) is 3.29. The number of hydrogen-bond acceptors (Lipinski definition) is 5. The number of aromatic nitrogens is 2. The minimum Gasteiger partial charge on any atom is -0.355 e. The summed E-state index contributed by atoms with van der Waals surface area (Å²) in [5.41, 5.74) is 0.379. The van der Waals surface area contributed by atoms with E-state index in [1.807, 2.05) is 14.1 Å². The van der Waals surface area contributed by atoms with E-state index in [4.69, 9.17) is 11.6 Å². The molecule has 3 rings (SSSR count). The largest absolute Gasteiger partial charge is 0.355 e. The van der Waals surface area contributed by atoms with Crippen molar-refractivity contribution in [2.75, 3.05) is 23.9 Å². The number of hydrogen-bond donors (Lipinski definition) is 0. The second-order valence-corrected chi connectivity index (χ2v) is 5.67. The van der Waals surface area contributed by atoms with Gasteiger partial charge in [0.15, 0.2) is 11.0 Å². The van der Waals surface area contributed by atoms with Crippen LogP contribution in [0.4, 0.5) is 11.8 Å². The van der Waals surface area contributed by atoms with Crippen LogP contribution >= 0.6 is 11.6 Å². The Bertz CT molecular complexity index is 545. The summed E-state index contributed by atoms with van der Waals surface area (Å²) in [7, 11) is 3.95. The van der Waals surface area contributed by atoms with Crippen molar-refractivity contribution in [3.05, 3.63) is 10.7 Å². The number of nitrogens with zero attached hydrogens (tertiary/aromatic N) is 5. The molecule has 2 aliphatic carbocycles. The number of halogens is 1. The molecule has 0 aromatic carbocycles. The molecular formula is C13H16ClN5. The van der Waals surface area contributed by atoms with Crippen molar-refractivity contribution in [1.29, 1.82) is 5.26 Å². The molecule has 0 bridgehead atoms. The van der Waals surface area contributed by atoms with Gasteiger partial charge in [0.2, 0.25) is 5.95 Å². The second-order valence-electron chi connectivity index (χ2n) is 5.31. The van der Waals surface area contributed by atoms with Gasteiger partial charge in [-0.15, -0.1) is 0 Å². The van der Waals surface area contributed by atoms with E-state index in [-0.39, 0.29) is 5.15 Å². The molecule has 1 aromatic heterocycles. The Hall–Kier alpha value is -1.54. The average molecular weight is 278 g/mol. The first-order valence-corrected chi connectivity index (χ1v) is 6.93. The first-order valence-electron chi connectivity index (χ1n) is 6.55. The van der Waals surface area contributed by atoms with E-state index in [1.165, 1.54) is 12.8 Å². The van der Waals surface area contributed by atoms with E-state index in [0.29, 0.717) is 29.4 Å². The predicted molar refractivity (Wildman–Crippen MR) is 74.6 cm³/mol. The third kappa shape index (κ3) is 2.33. The van der Waals surface area contributed by atoms with Crippen LogP contribution in [0.2, 0.25) is 5.15 Å². The van der Waals surface area contributed by atoms with E-state index >= 15 is 0 Å². The molecule has 0 amide bonds. The SMILES string of the molecule is CN(c1nc(Cl)c(C#N)c(N(C)C2CC2)n1)C1CC1. The molecule has 100 valence electrons. The molecule has 1 aromatic rings. The minimum atomic E-state index is 0.252. The Labute approximate surface area is 117 Å². The van der Waals surface area contributed by atoms with Crippen molar-refractivity contribution in [1.82, 2.24) is 9.97 Å². The molecule has 0 radical (unpaired) electrons. The van der Waals surface area contributed by atoms with Gasteiger partial charge in [-0.3, -0.25) is 0 Å².